The summed E-state index contributed by atoms with van der Waals surface area (Å²) in [5.41, 5.74) is 7.93. The molecule has 1 aliphatic rings. The molecule has 0 saturated carbocycles. The molecule has 1 aromatic carbocycles. The van der Waals surface area contributed by atoms with Crippen LogP contribution in [0.1, 0.15) is 25.0 Å². The third-order valence-electron chi connectivity index (χ3n) is 3.59. The van der Waals surface area contributed by atoms with Gasteiger partial charge in [-0.15, -0.1) is 0 Å². The number of anilines is 1. The van der Waals surface area contributed by atoms with Crippen LogP contribution in [-0.4, -0.2) is 36.3 Å². The van der Waals surface area contributed by atoms with Crippen molar-refractivity contribution in [2.45, 2.75) is 43.1 Å². The summed E-state index contributed by atoms with van der Waals surface area (Å²) in [5.74, 6) is 0. The smallest absolute Gasteiger partial charge is 0.245 e. The van der Waals surface area contributed by atoms with Crippen molar-refractivity contribution in [3.63, 3.8) is 0 Å². The zero-order valence-corrected chi connectivity index (χ0v) is 14.0. The minimum absolute atomic E-state index is 0.281. The van der Waals surface area contributed by atoms with Crippen LogP contribution in [0.25, 0.3) is 0 Å². The van der Waals surface area contributed by atoms with Crippen molar-refractivity contribution in [2.24, 2.45) is 0 Å². The largest absolute Gasteiger partial charge is 0.397 e. The van der Waals surface area contributed by atoms with Gasteiger partial charge in [0.25, 0.3) is 0 Å². The Morgan fingerprint density at radius 2 is 1.65 bits per heavy atom. The third kappa shape index (κ3) is 2.82. The number of hydrogen-bond donors (Lipinski definition) is 1. The van der Waals surface area contributed by atoms with Crippen LogP contribution in [0.3, 0.4) is 0 Å². The van der Waals surface area contributed by atoms with E-state index in [1.165, 1.54) is 0 Å². The lowest BCUT2D eigenvalue weighted by molar-refractivity contribution is 0.405. The molecular weight excluding hydrogens is 292 g/mol. The van der Waals surface area contributed by atoms with Crippen molar-refractivity contribution in [3.8, 4) is 0 Å². The fourth-order valence-corrected chi connectivity index (χ4v) is 6.13. The van der Waals surface area contributed by atoms with E-state index in [0.717, 1.165) is 5.56 Å². The number of hydrogen-bond acceptors (Lipinski definition) is 4. The van der Waals surface area contributed by atoms with E-state index in [1.807, 2.05) is 30.8 Å². The fraction of sp³-hybridized carbons (Fsp3) is 0.571. The molecule has 1 saturated heterocycles. The van der Waals surface area contributed by atoms with Gasteiger partial charge in [0, 0.05) is 23.6 Å². The first kappa shape index (κ1) is 15.7. The highest BCUT2D eigenvalue weighted by Crippen LogP contribution is 2.33. The van der Waals surface area contributed by atoms with Crippen molar-refractivity contribution in [1.29, 1.82) is 0 Å². The average molecular weight is 314 g/mol. The normalized spacial score (nSPS) is 24.8. The molecule has 0 aromatic heterocycles. The highest BCUT2D eigenvalue weighted by atomic mass is 32.2. The van der Waals surface area contributed by atoms with Gasteiger partial charge in [-0.1, -0.05) is 26.0 Å². The second kappa shape index (κ2) is 5.58. The lowest BCUT2D eigenvalue weighted by atomic mass is 10.1. The number of nitrogens with zero attached hydrogens (tertiary/aromatic N) is 1. The Morgan fingerprint density at radius 1 is 1.15 bits per heavy atom. The zero-order chi connectivity index (χ0) is 15.1. The number of thioether (sulfide) groups is 1. The Kier molecular flexibility index (Phi) is 4.37. The third-order valence-corrected chi connectivity index (χ3v) is 6.86. The molecule has 2 N–H and O–H groups in total. The first-order chi connectivity index (χ1) is 9.23. The van der Waals surface area contributed by atoms with Crippen LogP contribution in [0.4, 0.5) is 5.69 Å². The highest BCUT2D eigenvalue weighted by Gasteiger charge is 2.34. The van der Waals surface area contributed by atoms with Crippen molar-refractivity contribution in [2.75, 3.05) is 18.8 Å². The quantitative estimate of drug-likeness (QED) is 0.852. The summed E-state index contributed by atoms with van der Waals surface area (Å²) in [6.07, 6.45) is 0. The van der Waals surface area contributed by atoms with Gasteiger partial charge in [-0.25, -0.2) is 8.42 Å². The first-order valence-electron chi connectivity index (χ1n) is 6.74. The molecule has 0 aliphatic carbocycles. The van der Waals surface area contributed by atoms with Crippen molar-refractivity contribution < 1.29 is 8.42 Å². The van der Waals surface area contributed by atoms with Gasteiger partial charge in [0.1, 0.15) is 4.90 Å². The van der Waals surface area contributed by atoms with Gasteiger partial charge >= 0.3 is 0 Å². The summed E-state index contributed by atoms with van der Waals surface area (Å²) >= 11 is 1.83. The molecule has 2 unspecified atom stereocenters. The van der Waals surface area contributed by atoms with Crippen molar-refractivity contribution >= 4 is 27.5 Å². The van der Waals surface area contributed by atoms with Gasteiger partial charge in [0.05, 0.1) is 5.69 Å². The summed E-state index contributed by atoms with van der Waals surface area (Å²) in [4.78, 5) is 0.281. The van der Waals surface area contributed by atoms with Gasteiger partial charge in [-0.05, 0) is 25.0 Å². The summed E-state index contributed by atoms with van der Waals surface area (Å²) in [6.45, 7) is 8.86. The number of benzene rings is 1. The molecule has 0 bridgehead atoms. The molecule has 20 heavy (non-hydrogen) atoms. The van der Waals surface area contributed by atoms with E-state index in [9.17, 15) is 8.42 Å². The maximum atomic E-state index is 12.9. The molecule has 2 atom stereocenters. The molecule has 0 radical (unpaired) electrons. The van der Waals surface area contributed by atoms with E-state index in [4.69, 9.17) is 5.73 Å². The molecule has 6 heteroatoms. The molecule has 2 rings (SSSR count). The maximum Gasteiger partial charge on any atom is 0.245 e. The molecule has 0 amide bonds. The van der Waals surface area contributed by atoms with Gasteiger partial charge in [-0.3, -0.25) is 0 Å². The Hall–Kier alpha value is -0.720. The number of nitrogen functional groups attached to an aromatic ring is 1. The van der Waals surface area contributed by atoms with Gasteiger partial charge in [0.2, 0.25) is 10.0 Å². The fourth-order valence-electron chi connectivity index (χ4n) is 2.61. The monoisotopic (exact) mass is 314 g/mol. The molecule has 112 valence electrons. The number of rotatable bonds is 2. The summed E-state index contributed by atoms with van der Waals surface area (Å²) in [7, 11) is -3.52. The topological polar surface area (TPSA) is 63.4 Å². The number of nitrogens with two attached hydrogens (primary N) is 1. The molecule has 1 fully saturated rings. The minimum atomic E-state index is -3.52. The predicted molar refractivity (Wildman–Crippen MR) is 85.6 cm³/mol. The average Bonchev–Trinajstić information content (AvgIpc) is 2.33. The Labute approximate surface area is 125 Å². The van der Waals surface area contributed by atoms with E-state index in [-0.39, 0.29) is 4.90 Å². The Bertz CT molecular complexity index is 604. The number of aryl methyl sites for hydroxylation is 2. The zero-order valence-electron chi connectivity index (χ0n) is 12.4. The molecule has 1 aromatic rings. The van der Waals surface area contributed by atoms with E-state index in [1.54, 1.807) is 11.2 Å². The van der Waals surface area contributed by atoms with Crippen molar-refractivity contribution in [1.82, 2.24) is 4.31 Å². The standard InChI is InChI=1S/C14H22N2O2S2/c1-9-5-6-10(2)14(13(9)15)20(17,18)16-7-11(3)19-12(4)8-16/h5-6,11-12H,7-8,15H2,1-4H3. The van der Waals surface area contributed by atoms with Crippen LogP contribution in [0.2, 0.25) is 0 Å². The molecule has 1 heterocycles. The van der Waals surface area contributed by atoms with Crippen LogP contribution in [-0.2, 0) is 10.0 Å². The van der Waals surface area contributed by atoms with Crippen LogP contribution >= 0.6 is 11.8 Å². The van der Waals surface area contributed by atoms with Crippen LogP contribution in [0.5, 0.6) is 0 Å². The molecule has 1 aliphatic heterocycles. The van der Waals surface area contributed by atoms with Gasteiger partial charge in [-0.2, -0.15) is 16.1 Å². The molecule has 4 nitrogen and oxygen atoms in total. The second-order valence-corrected chi connectivity index (χ2v) is 9.28. The highest BCUT2D eigenvalue weighted by molar-refractivity contribution is 8.00. The molecule has 0 spiro atoms. The second-order valence-electron chi connectivity index (χ2n) is 5.52. The van der Waals surface area contributed by atoms with Crippen LogP contribution in [0, 0.1) is 13.8 Å². The summed E-state index contributed by atoms with van der Waals surface area (Å²) in [5, 5.41) is 0.611. The van der Waals surface area contributed by atoms with E-state index in [0.29, 0.717) is 34.8 Å². The first-order valence-corrected chi connectivity index (χ1v) is 9.13. The lowest BCUT2D eigenvalue weighted by Crippen LogP contribution is -2.44. The Morgan fingerprint density at radius 3 is 2.20 bits per heavy atom. The summed E-state index contributed by atoms with van der Waals surface area (Å²) < 4.78 is 27.4. The van der Waals surface area contributed by atoms with Gasteiger partial charge in [0.15, 0.2) is 0 Å². The molecular formula is C14H22N2O2S2. The Balaban J connectivity index is 2.48. The van der Waals surface area contributed by atoms with E-state index >= 15 is 0 Å². The van der Waals surface area contributed by atoms with Crippen LogP contribution < -0.4 is 5.73 Å². The van der Waals surface area contributed by atoms with E-state index < -0.39 is 10.0 Å². The summed E-state index contributed by atoms with van der Waals surface area (Å²) in [6, 6.07) is 3.69. The SMILES string of the molecule is Cc1ccc(C)c(S(=O)(=O)N2CC(C)SC(C)C2)c1N. The predicted octanol–water partition coefficient (Wildman–Crippen LogP) is 2.40. The van der Waals surface area contributed by atoms with Gasteiger partial charge < -0.3 is 5.73 Å². The maximum absolute atomic E-state index is 12.9. The van der Waals surface area contributed by atoms with Crippen molar-refractivity contribution in [3.05, 3.63) is 23.3 Å². The van der Waals surface area contributed by atoms with E-state index in [2.05, 4.69) is 13.8 Å². The number of sulfonamides is 1. The lowest BCUT2D eigenvalue weighted by Gasteiger charge is -2.34. The van der Waals surface area contributed by atoms with Crippen LogP contribution in [0.15, 0.2) is 17.0 Å². The minimum Gasteiger partial charge on any atom is -0.397 e.